The quantitative estimate of drug-likeness (QED) is 0.473. The highest BCUT2D eigenvalue weighted by Gasteiger charge is 2.34. The van der Waals surface area contributed by atoms with Crippen LogP contribution in [0.5, 0.6) is 0 Å². The molecule has 3 aromatic rings. The van der Waals surface area contributed by atoms with Crippen LogP contribution in [0.2, 0.25) is 0 Å². The smallest absolute Gasteiger partial charge is 0.272 e. The Labute approximate surface area is 185 Å². The van der Waals surface area contributed by atoms with E-state index in [9.17, 15) is 19.7 Å². The number of benzene rings is 2. The molecule has 0 bridgehead atoms. The highest BCUT2D eigenvalue weighted by atomic mass is 16.6. The van der Waals surface area contributed by atoms with Crippen molar-refractivity contribution in [2.45, 2.75) is 39.3 Å². The molecule has 4 rings (SSSR count). The lowest BCUT2D eigenvalue weighted by Gasteiger charge is -2.24. The van der Waals surface area contributed by atoms with Crippen molar-refractivity contribution in [3.05, 3.63) is 69.5 Å². The largest absolute Gasteiger partial charge is 0.353 e. The summed E-state index contributed by atoms with van der Waals surface area (Å²) in [4.78, 5) is 42.5. The molecule has 0 saturated carbocycles. The molecule has 1 atom stereocenters. The van der Waals surface area contributed by atoms with E-state index in [0.29, 0.717) is 37.2 Å². The lowest BCUT2D eigenvalue weighted by molar-refractivity contribution is -0.385. The van der Waals surface area contributed by atoms with Gasteiger partial charge in [0.2, 0.25) is 5.91 Å². The van der Waals surface area contributed by atoms with Crippen LogP contribution in [0.1, 0.15) is 34.6 Å². The molecule has 9 heteroatoms. The highest BCUT2D eigenvalue weighted by Crippen LogP contribution is 2.24. The number of likely N-dealkylation sites (tertiary alicyclic amines) is 1. The first-order valence-corrected chi connectivity index (χ1v) is 10.6. The maximum atomic E-state index is 13.0. The lowest BCUT2D eigenvalue weighted by Crippen LogP contribution is -2.46. The lowest BCUT2D eigenvalue weighted by atomic mass is 10.1. The van der Waals surface area contributed by atoms with E-state index in [1.807, 2.05) is 31.2 Å². The first-order valence-electron chi connectivity index (χ1n) is 10.6. The molecule has 1 saturated heterocycles. The standard InChI is InChI=1S/C23H25N5O4/c1-15-14-17(9-10-19(15)28(31)32)23(30)27-12-5-8-21(27)22(29)24-11-13-26-16(2)25-18-6-3-4-7-20(18)26/h3-4,6-7,9-10,14,21H,5,8,11-13H2,1-2H3,(H,24,29). The molecule has 9 nitrogen and oxygen atoms in total. The third-order valence-electron chi connectivity index (χ3n) is 5.94. The SMILES string of the molecule is Cc1cc(C(=O)N2CCCC2C(=O)NCCn2c(C)nc3ccccc32)ccc1[N+](=O)[O-]. The van der Waals surface area contributed by atoms with Gasteiger partial charge in [-0.25, -0.2) is 4.98 Å². The van der Waals surface area contributed by atoms with Gasteiger partial charge in [-0.1, -0.05) is 12.1 Å². The predicted molar refractivity (Wildman–Crippen MR) is 119 cm³/mol. The van der Waals surface area contributed by atoms with Crippen LogP contribution in [0, 0.1) is 24.0 Å². The van der Waals surface area contributed by atoms with Crippen LogP contribution in [0.4, 0.5) is 5.69 Å². The van der Waals surface area contributed by atoms with E-state index in [-0.39, 0.29) is 17.5 Å². The van der Waals surface area contributed by atoms with E-state index in [0.717, 1.165) is 23.3 Å². The Morgan fingerprint density at radius 1 is 1.22 bits per heavy atom. The number of nitro benzene ring substituents is 1. The van der Waals surface area contributed by atoms with Crippen molar-refractivity contribution in [1.29, 1.82) is 0 Å². The Balaban J connectivity index is 1.41. The molecule has 0 spiro atoms. The van der Waals surface area contributed by atoms with Crippen LogP contribution in [0.25, 0.3) is 11.0 Å². The van der Waals surface area contributed by atoms with E-state index in [1.54, 1.807) is 11.8 Å². The number of carbonyl (C=O) groups is 2. The molecule has 0 radical (unpaired) electrons. The van der Waals surface area contributed by atoms with Gasteiger partial charge in [0.25, 0.3) is 11.6 Å². The van der Waals surface area contributed by atoms with E-state index in [1.165, 1.54) is 18.2 Å². The van der Waals surface area contributed by atoms with Crippen molar-refractivity contribution < 1.29 is 14.5 Å². The number of hydrogen-bond donors (Lipinski definition) is 1. The van der Waals surface area contributed by atoms with Gasteiger partial charge in [0.05, 0.1) is 16.0 Å². The highest BCUT2D eigenvalue weighted by molar-refractivity contribution is 5.98. The zero-order chi connectivity index (χ0) is 22.8. The summed E-state index contributed by atoms with van der Waals surface area (Å²) in [7, 11) is 0. The van der Waals surface area contributed by atoms with E-state index >= 15 is 0 Å². The molecule has 1 unspecified atom stereocenters. The number of fused-ring (bicyclic) bond motifs is 1. The molecule has 0 aliphatic carbocycles. The maximum absolute atomic E-state index is 13.0. The van der Waals surface area contributed by atoms with Crippen LogP contribution < -0.4 is 5.32 Å². The minimum absolute atomic E-state index is 0.0282. The Hall–Kier alpha value is -3.75. The van der Waals surface area contributed by atoms with E-state index in [2.05, 4.69) is 14.9 Å². The Kier molecular flexibility index (Phi) is 5.89. The number of rotatable bonds is 6. The summed E-state index contributed by atoms with van der Waals surface area (Å²) in [5.41, 5.74) is 2.68. The zero-order valence-corrected chi connectivity index (χ0v) is 18.1. The summed E-state index contributed by atoms with van der Waals surface area (Å²) in [6, 6.07) is 11.6. The normalized spacial score (nSPS) is 15.8. The number of carbonyl (C=O) groups excluding carboxylic acids is 2. The summed E-state index contributed by atoms with van der Waals surface area (Å²) in [6.45, 7) is 5.03. The van der Waals surface area contributed by atoms with Gasteiger partial charge < -0.3 is 14.8 Å². The number of para-hydroxylation sites is 2. The Bertz CT molecular complexity index is 1200. The molecule has 166 valence electrons. The van der Waals surface area contributed by atoms with E-state index in [4.69, 9.17) is 0 Å². The van der Waals surface area contributed by atoms with Crippen LogP contribution >= 0.6 is 0 Å². The minimum atomic E-state index is -0.543. The van der Waals surface area contributed by atoms with Gasteiger partial charge in [-0.3, -0.25) is 19.7 Å². The third-order valence-corrected chi connectivity index (χ3v) is 5.94. The van der Waals surface area contributed by atoms with Gasteiger partial charge in [0, 0.05) is 36.8 Å². The first-order chi connectivity index (χ1) is 15.4. The second-order valence-electron chi connectivity index (χ2n) is 8.01. The molecular formula is C23H25N5O4. The van der Waals surface area contributed by atoms with Gasteiger partial charge in [0.15, 0.2) is 0 Å². The van der Waals surface area contributed by atoms with Crippen LogP contribution in [-0.2, 0) is 11.3 Å². The molecule has 1 N–H and O–H groups in total. The van der Waals surface area contributed by atoms with Gasteiger partial charge in [0.1, 0.15) is 11.9 Å². The second-order valence-corrected chi connectivity index (χ2v) is 8.01. The summed E-state index contributed by atoms with van der Waals surface area (Å²) in [6.07, 6.45) is 1.33. The Morgan fingerprint density at radius 2 is 2.00 bits per heavy atom. The molecule has 1 aliphatic heterocycles. The van der Waals surface area contributed by atoms with Gasteiger partial charge in [-0.05, 0) is 51.0 Å². The summed E-state index contributed by atoms with van der Waals surface area (Å²) in [5.74, 6) is 0.417. The molecule has 1 aromatic heterocycles. The van der Waals surface area contributed by atoms with Crippen LogP contribution in [-0.4, -0.2) is 50.3 Å². The van der Waals surface area contributed by atoms with Crippen molar-refractivity contribution in [1.82, 2.24) is 19.8 Å². The van der Waals surface area contributed by atoms with E-state index < -0.39 is 11.0 Å². The van der Waals surface area contributed by atoms with Crippen LogP contribution in [0.3, 0.4) is 0 Å². The van der Waals surface area contributed by atoms with Crippen molar-refractivity contribution >= 4 is 28.5 Å². The fourth-order valence-electron chi connectivity index (χ4n) is 4.33. The van der Waals surface area contributed by atoms with Crippen molar-refractivity contribution in [2.75, 3.05) is 13.1 Å². The number of amides is 2. The third kappa shape index (κ3) is 4.05. The van der Waals surface area contributed by atoms with Crippen LogP contribution in [0.15, 0.2) is 42.5 Å². The average Bonchev–Trinajstić information content (AvgIpc) is 3.37. The molecule has 1 aliphatic rings. The number of hydrogen-bond acceptors (Lipinski definition) is 5. The molecule has 2 heterocycles. The predicted octanol–water partition coefficient (Wildman–Crippen LogP) is 2.98. The van der Waals surface area contributed by atoms with Crippen molar-refractivity contribution in [3.63, 3.8) is 0 Å². The molecular weight excluding hydrogens is 410 g/mol. The molecule has 2 aromatic carbocycles. The van der Waals surface area contributed by atoms with Gasteiger partial charge >= 0.3 is 0 Å². The summed E-state index contributed by atoms with van der Waals surface area (Å²) >= 11 is 0. The first kappa shape index (κ1) is 21.5. The number of nitrogens with zero attached hydrogens (tertiary/aromatic N) is 4. The number of nitro groups is 1. The number of nitrogens with one attached hydrogen (secondary N) is 1. The maximum Gasteiger partial charge on any atom is 0.272 e. The minimum Gasteiger partial charge on any atom is -0.353 e. The van der Waals surface area contributed by atoms with Crippen molar-refractivity contribution in [2.24, 2.45) is 0 Å². The fourth-order valence-corrected chi connectivity index (χ4v) is 4.33. The summed E-state index contributed by atoms with van der Waals surface area (Å²) < 4.78 is 2.06. The van der Waals surface area contributed by atoms with Gasteiger partial charge in [-0.2, -0.15) is 0 Å². The van der Waals surface area contributed by atoms with Crippen molar-refractivity contribution in [3.8, 4) is 0 Å². The number of aryl methyl sites for hydroxylation is 2. The number of aromatic nitrogens is 2. The average molecular weight is 435 g/mol. The van der Waals surface area contributed by atoms with Gasteiger partial charge in [-0.15, -0.1) is 0 Å². The Morgan fingerprint density at radius 3 is 2.75 bits per heavy atom. The molecule has 2 amide bonds. The summed E-state index contributed by atoms with van der Waals surface area (Å²) in [5, 5.41) is 14.0. The molecule has 32 heavy (non-hydrogen) atoms. The fraction of sp³-hybridized carbons (Fsp3) is 0.348. The molecule has 1 fully saturated rings. The zero-order valence-electron chi connectivity index (χ0n) is 18.1. The number of imidazole rings is 1. The second kappa shape index (κ2) is 8.78. The topological polar surface area (TPSA) is 110 Å². The monoisotopic (exact) mass is 435 g/mol.